The van der Waals surface area contributed by atoms with Crippen molar-refractivity contribution in [1.29, 1.82) is 0 Å². The summed E-state index contributed by atoms with van der Waals surface area (Å²) in [5.74, 6) is -0.582. The molecule has 1 saturated heterocycles. The van der Waals surface area contributed by atoms with E-state index in [-0.39, 0.29) is 11.9 Å². The molecular weight excluding hydrogens is 330 g/mol. The number of carbonyl (C=O) groups is 2. The summed E-state index contributed by atoms with van der Waals surface area (Å²) in [7, 11) is 0. The van der Waals surface area contributed by atoms with Crippen LogP contribution in [0.15, 0.2) is 42.7 Å². The zero-order valence-corrected chi connectivity index (χ0v) is 15.3. The molecule has 1 aliphatic rings. The van der Waals surface area contributed by atoms with Crippen LogP contribution in [0, 0.1) is 0 Å². The molecule has 0 N–H and O–H groups in total. The Bertz CT molecular complexity index is 740. The van der Waals surface area contributed by atoms with E-state index < -0.39 is 12.1 Å². The van der Waals surface area contributed by atoms with Crippen molar-refractivity contribution < 1.29 is 14.3 Å². The van der Waals surface area contributed by atoms with Gasteiger partial charge in [-0.1, -0.05) is 6.92 Å². The fraction of sp³-hybridized carbons (Fsp3) is 0.450. The lowest BCUT2D eigenvalue weighted by atomic mass is 9.99. The molecule has 0 spiro atoms. The quantitative estimate of drug-likeness (QED) is 0.773. The fourth-order valence-corrected chi connectivity index (χ4v) is 3.40. The first kappa shape index (κ1) is 18.2. The van der Waals surface area contributed by atoms with E-state index >= 15 is 0 Å². The fourth-order valence-electron chi connectivity index (χ4n) is 3.40. The van der Waals surface area contributed by atoms with Crippen LogP contribution in [-0.2, 0) is 9.53 Å². The second kappa shape index (κ2) is 8.17. The highest BCUT2D eigenvalue weighted by atomic mass is 16.5. The number of benzene rings is 1. The molecule has 1 amide bonds. The van der Waals surface area contributed by atoms with E-state index in [1.807, 2.05) is 17.2 Å². The molecule has 0 bridgehead atoms. The third kappa shape index (κ3) is 3.95. The van der Waals surface area contributed by atoms with E-state index in [1.165, 1.54) is 0 Å². The lowest BCUT2D eigenvalue weighted by Gasteiger charge is -2.36. The maximum absolute atomic E-state index is 12.7. The van der Waals surface area contributed by atoms with Crippen molar-refractivity contribution >= 4 is 11.9 Å². The summed E-state index contributed by atoms with van der Waals surface area (Å²) in [5, 5.41) is 4.15. The summed E-state index contributed by atoms with van der Waals surface area (Å²) in [5.41, 5.74) is 1.28. The van der Waals surface area contributed by atoms with Gasteiger partial charge in [-0.2, -0.15) is 5.10 Å². The zero-order valence-electron chi connectivity index (χ0n) is 15.3. The van der Waals surface area contributed by atoms with E-state index in [0.717, 1.165) is 37.9 Å². The molecule has 0 radical (unpaired) electrons. The van der Waals surface area contributed by atoms with Crippen LogP contribution in [0.25, 0.3) is 5.69 Å². The molecule has 26 heavy (non-hydrogen) atoms. The number of ether oxygens (including phenoxy) is 1. The third-order valence-electron chi connectivity index (χ3n) is 4.88. The number of amides is 1. The average Bonchev–Trinajstić information content (AvgIpc) is 3.22. The van der Waals surface area contributed by atoms with Crippen LogP contribution in [0.4, 0.5) is 0 Å². The lowest BCUT2D eigenvalue weighted by Crippen LogP contribution is -2.48. The highest BCUT2D eigenvalue weighted by Gasteiger charge is 2.30. The molecule has 1 aromatic carbocycles. The molecule has 6 heteroatoms. The Balaban J connectivity index is 1.62. The molecular formula is C20H25N3O3. The second-order valence-electron chi connectivity index (χ2n) is 6.63. The van der Waals surface area contributed by atoms with Crippen LogP contribution in [0.5, 0.6) is 0 Å². The first-order chi connectivity index (χ1) is 12.6. The molecule has 2 atom stereocenters. The predicted octanol–water partition coefficient (Wildman–Crippen LogP) is 3.21. The molecule has 3 rings (SSSR count). The smallest absolute Gasteiger partial charge is 0.338 e. The van der Waals surface area contributed by atoms with Gasteiger partial charge in [-0.15, -0.1) is 0 Å². The van der Waals surface area contributed by atoms with Gasteiger partial charge in [0.05, 0.1) is 11.3 Å². The van der Waals surface area contributed by atoms with Gasteiger partial charge in [0.25, 0.3) is 5.91 Å². The van der Waals surface area contributed by atoms with Gasteiger partial charge in [0.1, 0.15) is 0 Å². The van der Waals surface area contributed by atoms with E-state index in [9.17, 15) is 9.59 Å². The number of hydrogen-bond donors (Lipinski definition) is 0. The Morgan fingerprint density at radius 1 is 1.27 bits per heavy atom. The zero-order chi connectivity index (χ0) is 18.5. The standard InChI is InChI=1S/C20H25N3O3/c1-3-17-7-4-5-13-22(17)19(24)15(2)26-20(25)16-8-10-18(11-9-16)23-14-6-12-21-23/h6,8-12,14-15,17H,3-5,7,13H2,1-2H3. The molecule has 6 nitrogen and oxygen atoms in total. The maximum Gasteiger partial charge on any atom is 0.338 e. The van der Waals surface area contributed by atoms with Gasteiger partial charge in [-0.05, 0) is 62.9 Å². The molecule has 2 heterocycles. The number of rotatable bonds is 5. The molecule has 1 aromatic heterocycles. The molecule has 1 fully saturated rings. The van der Waals surface area contributed by atoms with Gasteiger partial charge in [0, 0.05) is 25.0 Å². The Morgan fingerprint density at radius 2 is 2.04 bits per heavy atom. The Morgan fingerprint density at radius 3 is 2.69 bits per heavy atom. The first-order valence-electron chi connectivity index (χ1n) is 9.21. The number of aromatic nitrogens is 2. The maximum atomic E-state index is 12.7. The minimum Gasteiger partial charge on any atom is -0.449 e. The number of carbonyl (C=O) groups excluding carboxylic acids is 2. The van der Waals surface area contributed by atoms with Crippen molar-refractivity contribution in [3.63, 3.8) is 0 Å². The first-order valence-corrected chi connectivity index (χ1v) is 9.21. The summed E-state index contributed by atoms with van der Waals surface area (Å²) in [6, 6.07) is 9.06. The highest BCUT2D eigenvalue weighted by Crippen LogP contribution is 2.21. The lowest BCUT2D eigenvalue weighted by molar-refractivity contribution is -0.143. The van der Waals surface area contributed by atoms with Gasteiger partial charge < -0.3 is 9.64 Å². The number of piperidine rings is 1. The Hall–Kier alpha value is -2.63. The van der Waals surface area contributed by atoms with E-state index in [0.29, 0.717) is 5.56 Å². The minimum atomic E-state index is -0.777. The number of esters is 1. The second-order valence-corrected chi connectivity index (χ2v) is 6.63. The molecule has 2 unspecified atom stereocenters. The summed E-state index contributed by atoms with van der Waals surface area (Å²) in [6.07, 6.45) is 6.87. The monoisotopic (exact) mass is 355 g/mol. The van der Waals surface area contributed by atoms with E-state index in [2.05, 4.69) is 12.0 Å². The van der Waals surface area contributed by atoms with Crippen LogP contribution in [-0.4, -0.2) is 45.2 Å². The molecule has 138 valence electrons. The van der Waals surface area contributed by atoms with Crippen molar-refractivity contribution in [2.45, 2.75) is 51.7 Å². The Kier molecular flexibility index (Phi) is 5.71. The van der Waals surface area contributed by atoms with E-state index in [4.69, 9.17) is 4.74 Å². The van der Waals surface area contributed by atoms with Crippen molar-refractivity contribution in [2.24, 2.45) is 0 Å². The van der Waals surface area contributed by atoms with Crippen LogP contribution in [0.2, 0.25) is 0 Å². The van der Waals surface area contributed by atoms with Gasteiger partial charge in [-0.3, -0.25) is 4.79 Å². The molecule has 0 aliphatic carbocycles. The normalized spacial score (nSPS) is 18.4. The number of hydrogen-bond acceptors (Lipinski definition) is 4. The number of nitrogens with zero attached hydrogens (tertiary/aromatic N) is 3. The van der Waals surface area contributed by atoms with Gasteiger partial charge in [0.15, 0.2) is 6.10 Å². The van der Waals surface area contributed by atoms with Gasteiger partial charge in [-0.25, -0.2) is 9.48 Å². The van der Waals surface area contributed by atoms with E-state index in [1.54, 1.807) is 42.1 Å². The highest BCUT2D eigenvalue weighted by molar-refractivity contribution is 5.92. The Labute approximate surface area is 153 Å². The SMILES string of the molecule is CCC1CCCCN1C(=O)C(C)OC(=O)c1ccc(-n2cccn2)cc1. The summed E-state index contributed by atoms with van der Waals surface area (Å²) >= 11 is 0. The third-order valence-corrected chi connectivity index (χ3v) is 4.88. The molecule has 1 aliphatic heterocycles. The van der Waals surface area contributed by atoms with Gasteiger partial charge in [0.2, 0.25) is 0 Å². The minimum absolute atomic E-state index is 0.0990. The van der Waals surface area contributed by atoms with Crippen molar-refractivity contribution in [3.05, 3.63) is 48.3 Å². The van der Waals surface area contributed by atoms with Crippen molar-refractivity contribution in [3.8, 4) is 5.69 Å². The number of likely N-dealkylation sites (tertiary alicyclic amines) is 1. The summed E-state index contributed by atoms with van der Waals surface area (Å²) in [6.45, 7) is 4.49. The topological polar surface area (TPSA) is 64.4 Å². The van der Waals surface area contributed by atoms with Crippen molar-refractivity contribution in [2.75, 3.05) is 6.54 Å². The summed E-state index contributed by atoms with van der Waals surface area (Å²) < 4.78 is 7.13. The molecule has 0 saturated carbocycles. The predicted molar refractivity (Wildman–Crippen MR) is 98.1 cm³/mol. The average molecular weight is 355 g/mol. The largest absolute Gasteiger partial charge is 0.449 e. The van der Waals surface area contributed by atoms with Crippen LogP contribution < -0.4 is 0 Å². The van der Waals surface area contributed by atoms with Crippen LogP contribution in [0.3, 0.4) is 0 Å². The van der Waals surface area contributed by atoms with Gasteiger partial charge >= 0.3 is 5.97 Å². The van der Waals surface area contributed by atoms with Crippen molar-refractivity contribution in [1.82, 2.24) is 14.7 Å². The van der Waals surface area contributed by atoms with Crippen LogP contribution in [0.1, 0.15) is 49.9 Å². The molecule has 2 aromatic rings. The van der Waals surface area contributed by atoms with Crippen LogP contribution >= 0.6 is 0 Å². The summed E-state index contributed by atoms with van der Waals surface area (Å²) in [4.78, 5) is 26.9.